The van der Waals surface area contributed by atoms with Crippen molar-refractivity contribution in [2.24, 2.45) is 11.5 Å². The van der Waals surface area contributed by atoms with Crippen LogP contribution in [-0.2, 0) is 13.2 Å². The van der Waals surface area contributed by atoms with Crippen molar-refractivity contribution < 1.29 is 14.2 Å². The van der Waals surface area contributed by atoms with E-state index in [1.807, 2.05) is 47.4 Å². The smallest absolute Gasteiger partial charge is 0.188 e. The lowest BCUT2D eigenvalue weighted by atomic mass is 10.1. The minimum Gasteiger partial charge on any atom is -0.491 e. The second-order valence-electron chi connectivity index (χ2n) is 8.05. The van der Waals surface area contributed by atoms with Gasteiger partial charge in [0.2, 0.25) is 0 Å². The van der Waals surface area contributed by atoms with Crippen molar-refractivity contribution in [2.75, 3.05) is 26.2 Å². The minimum absolute atomic E-state index is 0.0412. The average Bonchev–Trinajstić information content (AvgIpc) is 3.01. The van der Waals surface area contributed by atoms with E-state index in [4.69, 9.17) is 36.5 Å². The Bertz CT molecular complexity index is 957. The molecule has 0 aromatic heterocycles. The molecule has 0 amide bonds. The van der Waals surface area contributed by atoms with Crippen LogP contribution in [0, 0.1) is 10.8 Å². The number of nitrogens with zero attached hydrogens (tertiary/aromatic N) is 2. The molecule has 0 spiro atoms. The molecule has 2 aliphatic heterocycles. The van der Waals surface area contributed by atoms with Crippen LogP contribution in [-0.4, -0.2) is 54.1 Å². The number of guanidine groups is 2. The monoisotopic (exact) mass is 438 g/mol. The molecule has 6 N–H and O–H groups in total. The van der Waals surface area contributed by atoms with Crippen LogP contribution in [0.5, 0.6) is 17.2 Å². The van der Waals surface area contributed by atoms with Crippen molar-refractivity contribution in [1.29, 1.82) is 10.8 Å². The maximum absolute atomic E-state index is 7.69. The van der Waals surface area contributed by atoms with Gasteiger partial charge in [-0.05, 0) is 35.9 Å². The van der Waals surface area contributed by atoms with Gasteiger partial charge in [0.15, 0.2) is 11.9 Å². The molecule has 170 valence electrons. The minimum atomic E-state index is 0.0412. The van der Waals surface area contributed by atoms with Crippen LogP contribution in [0.1, 0.15) is 24.0 Å². The average molecular weight is 439 g/mol. The number of fused-ring (bicyclic) bond motifs is 1. The molecule has 0 radical (unpaired) electrons. The van der Waals surface area contributed by atoms with Crippen LogP contribution in [0.3, 0.4) is 0 Å². The van der Waals surface area contributed by atoms with Gasteiger partial charge < -0.3 is 35.5 Å². The van der Waals surface area contributed by atoms with Crippen LogP contribution in [0.15, 0.2) is 42.5 Å². The molecule has 2 aliphatic rings. The quantitative estimate of drug-likeness (QED) is 0.415. The lowest BCUT2D eigenvalue weighted by molar-refractivity contribution is 0.130. The molecule has 9 nitrogen and oxygen atoms in total. The third kappa shape index (κ3) is 5.35. The zero-order valence-corrected chi connectivity index (χ0v) is 18.0. The normalized spacial score (nSPS) is 16.5. The summed E-state index contributed by atoms with van der Waals surface area (Å²) in [4.78, 5) is 3.64. The van der Waals surface area contributed by atoms with Crippen LogP contribution in [0.4, 0.5) is 0 Å². The second kappa shape index (κ2) is 9.67. The summed E-state index contributed by atoms with van der Waals surface area (Å²) in [6.07, 6.45) is 1.85. The molecule has 32 heavy (non-hydrogen) atoms. The van der Waals surface area contributed by atoms with E-state index in [9.17, 15) is 0 Å². The number of ether oxygens (including phenoxy) is 3. The van der Waals surface area contributed by atoms with Gasteiger partial charge in [-0.25, -0.2) is 0 Å². The first-order chi connectivity index (χ1) is 15.5. The number of nitrogens with two attached hydrogens (primary N) is 2. The number of hydrogen-bond donors (Lipinski definition) is 4. The third-order valence-electron chi connectivity index (χ3n) is 5.77. The molecule has 0 aliphatic carbocycles. The summed E-state index contributed by atoms with van der Waals surface area (Å²) in [6.45, 7) is 3.55. The summed E-state index contributed by atoms with van der Waals surface area (Å²) in [6, 6.07) is 13.7. The number of benzene rings is 2. The lowest BCUT2D eigenvalue weighted by Gasteiger charge is -2.32. The summed E-state index contributed by atoms with van der Waals surface area (Å²) < 4.78 is 17.8. The Labute approximate surface area is 187 Å². The van der Waals surface area contributed by atoms with Crippen molar-refractivity contribution in [3.8, 4) is 17.2 Å². The van der Waals surface area contributed by atoms with Crippen molar-refractivity contribution in [3.05, 3.63) is 53.6 Å². The summed E-state index contributed by atoms with van der Waals surface area (Å²) in [5, 5.41) is 15.2. The molecule has 0 unspecified atom stereocenters. The number of hydrogen-bond acceptors (Lipinski definition) is 5. The predicted octanol–water partition coefficient (Wildman–Crippen LogP) is 2.09. The van der Waals surface area contributed by atoms with E-state index in [1.165, 1.54) is 0 Å². The largest absolute Gasteiger partial charge is 0.491 e. The summed E-state index contributed by atoms with van der Waals surface area (Å²) in [7, 11) is 0. The fourth-order valence-electron chi connectivity index (χ4n) is 3.90. The molecule has 9 heteroatoms. The maximum atomic E-state index is 7.69. The Hall–Kier alpha value is -3.62. The first-order valence-electron chi connectivity index (χ1n) is 10.8. The van der Waals surface area contributed by atoms with Gasteiger partial charge in [0.25, 0.3) is 0 Å². The van der Waals surface area contributed by atoms with Gasteiger partial charge >= 0.3 is 0 Å². The second-order valence-corrected chi connectivity index (χ2v) is 8.05. The van der Waals surface area contributed by atoms with Crippen molar-refractivity contribution >= 4 is 11.9 Å². The number of nitrogens with one attached hydrogen (secondary N) is 2. The Balaban J connectivity index is 1.30. The van der Waals surface area contributed by atoms with Crippen molar-refractivity contribution in [2.45, 2.75) is 32.1 Å². The van der Waals surface area contributed by atoms with Crippen LogP contribution in [0.2, 0.25) is 0 Å². The van der Waals surface area contributed by atoms with Gasteiger partial charge in [-0.3, -0.25) is 10.8 Å². The van der Waals surface area contributed by atoms with Gasteiger partial charge in [0.1, 0.15) is 36.6 Å². The topological polar surface area (TPSA) is 134 Å². The van der Waals surface area contributed by atoms with Gasteiger partial charge in [-0.15, -0.1) is 0 Å². The number of likely N-dealkylation sites (tertiary alicyclic amines) is 1. The third-order valence-corrected chi connectivity index (χ3v) is 5.77. The van der Waals surface area contributed by atoms with Crippen LogP contribution < -0.4 is 25.7 Å². The first-order valence-corrected chi connectivity index (χ1v) is 10.8. The van der Waals surface area contributed by atoms with Gasteiger partial charge in [-0.1, -0.05) is 12.1 Å². The Morgan fingerprint density at radius 1 is 0.938 bits per heavy atom. The molecule has 1 fully saturated rings. The highest BCUT2D eigenvalue weighted by Gasteiger charge is 2.21. The molecule has 0 bridgehead atoms. The molecule has 2 aromatic rings. The van der Waals surface area contributed by atoms with Crippen LogP contribution >= 0.6 is 0 Å². The number of piperidine rings is 1. The highest BCUT2D eigenvalue weighted by atomic mass is 16.5. The Morgan fingerprint density at radius 2 is 1.62 bits per heavy atom. The molecule has 2 heterocycles. The fraction of sp³-hybridized carbons (Fsp3) is 0.391. The van der Waals surface area contributed by atoms with E-state index in [2.05, 4.69) is 0 Å². The van der Waals surface area contributed by atoms with Crippen LogP contribution in [0.25, 0.3) is 0 Å². The molecule has 2 aromatic carbocycles. The highest BCUT2D eigenvalue weighted by molar-refractivity contribution is 5.75. The number of rotatable bonds is 5. The fourth-order valence-corrected chi connectivity index (χ4v) is 3.90. The van der Waals surface area contributed by atoms with E-state index in [0.29, 0.717) is 26.3 Å². The molecular weight excluding hydrogens is 408 g/mol. The maximum Gasteiger partial charge on any atom is 0.188 e. The van der Waals surface area contributed by atoms with E-state index < -0.39 is 0 Å². The van der Waals surface area contributed by atoms with Crippen molar-refractivity contribution in [3.63, 3.8) is 0 Å². The summed E-state index contributed by atoms with van der Waals surface area (Å²) in [5.41, 5.74) is 13.2. The standard InChI is InChI=1S/C23H30N6O3/c24-22(25)28-9-7-19(8-10-28)32-18-3-1-16(2-4-18)15-31-20-5-6-21-17(13-20)14-29(23(26)27)11-12-30-21/h1-6,13,19H,7-12,14-15H2,(H3,24,25)(H3,26,27). The zero-order valence-electron chi connectivity index (χ0n) is 18.0. The van der Waals surface area contributed by atoms with Gasteiger partial charge in [0, 0.05) is 38.0 Å². The SMILES string of the molecule is N=C(N)N1CCC(Oc2ccc(COc3ccc4c(c3)CN(C(=N)N)CCO4)cc2)CC1. The van der Waals surface area contributed by atoms with Crippen molar-refractivity contribution in [1.82, 2.24) is 9.80 Å². The predicted molar refractivity (Wildman–Crippen MR) is 122 cm³/mol. The highest BCUT2D eigenvalue weighted by Crippen LogP contribution is 2.28. The molecule has 4 rings (SSSR count). The van der Waals surface area contributed by atoms with E-state index >= 15 is 0 Å². The summed E-state index contributed by atoms with van der Waals surface area (Å²) in [5.74, 6) is 2.55. The Morgan fingerprint density at radius 3 is 2.31 bits per heavy atom. The van der Waals surface area contributed by atoms with E-state index in [-0.39, 0.29) is 18.0 Å². The summed E-state index contributed by atoms with van der Waals surface area (Å²) >= 11 is 0. The van der Waals surface area contributed by atoms with E-state index in [0.717, 1.165) is 54.3 Å². The Kier molecular flexibility index (Phi) is 6.53. The van der Waals surface area contributed by atoms with Gasteiger partial charge in [0.05, 0.1) is 6.54 Å². The lowest BCUT2D eigenvalue weighted by Crippen LogP contribution is -2.44. The van der Waals surface area contributed by atoms with Gasteiger partial charge in [-0.2, -0.15) is 0 Å². The zero-order chi connectivity index (χ0) is 22.5. The molecule has 1 saturated heterocycles. The molecular formula is C23H30N6O3. The molecule has 0 saturated carbocycles. The molecule has 0 atom stereocenters. The van der Waals surface area contributed by atoms with E-state index in [1.54, 1.807) is 4.90 Å². The first kappa shape index (κ1) is 21.6.